The maximum atomic E-state index is 13.7. The van der Waals surface area contributed by atoms with Crippen molar-refractivity contribution in [1.29, 1.82) is 5.26 Å². The Morgan fingerprint density at radius 2 is 0.859 bits per heavy atom. The maximum Gasteiger partial charge on any atom is 0.298 e. The number of ketones is 1. The number of carbonyl (C=O) groups excluding carboxylic acids is 1. The average Bonchev–Trinajstić information content (AvgIpc) is 1.74. The predicted molar refractivity (Wildman–Crippen MR) is 325 cm³/mol. The van der Waals surface area contributed by atoms with Crippen molar-refractivity contribution in [2.45, 2.75) is 34.5 Å². The molecule has 13 rings (SSSR count). The van der Waals surface area contributed by atoms with E-state index in [0.717, 1.165) is 50.6 Å². The average molecular weight is 1150 g/mol. The molecule has 2 aliphatic carbocycles. The van der Waals surface area contributed by atoms with Crippen molar-refractivity contribution in [3.05, 3.63) is 321 Å². The fraction of sp³-hybridized carbons (Fsp3) is 0.0556. The van der Waals surface area contributed by atoms with E-state index < -0.39 is 31.6 Å². The highest BCUT2D eigenvalue weighted by Gasteiger charge is 2.47. The SMILES string of the molecule is Cc1ccc(C2(c3ccc(Oc4cccc(Oc5ccc(C6(c7ccc(Oc8ccc(C(=O)c9ccc(C)c(SOOO)c9)cc8S(=O)(=O)O)cc7)c7ccccc7-c7ccccc76)cc5)c4C#N)cc3)c3ccccc3-c3ccccc32)cc1. The highest BCUT2D eigenvalue weighted by molar-refractivity contribution is 7.94. The number of nitriles is 1. The molecule has 2 N–H and O–H groups in total. The van der Waals surface area contributed by atoms with Crippen LogP contribution in [-0.2, 0) is 30.3 Å². The number of aryl methyl sites for hydroxylation is 2. The molecular formula is C72H49NO10S2. The molecule has 0 aromatic heterocycles. The van der Waals surface area contributed by atoms with Gasteiger partial charge in [-0.05, 0) is 159 Å². The molecule has 414 valence electrons. The van der Waals surface area contributed by atoms with Gasteiger partial charge in [-0.1, -0.05) is 187 Å². The van der Waals surface area contributed by atoms with Gasteiger partial charge in [-0.2, -0.15) is 13.7 Å². The van der Waals surface area contributed by atoms with Crippen LogP contribution in [0.1, 0.15) is 77.1 Å². The molecule has 0 aliphatic heterocycles. The molecule has 13 heteroatoms. The van der Waals surface area contributed by atoms with Gasteiger partial charge in [0.25, 0.3) is 10.1 Å². The van der Waals surface area contributed by atoms with E-state index >= 15 is 0 Å². The topological polar surface area (TPSA) is 162 Å². The van der Waals surface area contributed by atoms with Crippen LogP contribution in [0.25, 0.3) is 22.3 Å². The predicted octanol–water partition coefficient (Wildman–Crippen LogP) is 17.2. The second-order valence-electron chi connectivity index (χ2n) is 20.8. The van der Waals surface area contributed by atoms with Gasteiger partial charge < -0.3 is 14.2 Å². The van der Waals surface area contributed by atoms with Crippen molar-refractivity contribution in [3.8, 4) is 62.8 Å². The summed E-state index contributed by atoms with van der Waals surface area (Å²) in [5.74, 6) is 1.25. The number of benzene rings is 11. The number of rotatable bonds is 16. The molecule has 0 fully saturated rings. The molecule has 11 aromatic rings. The van der Waals surface area contributed by atoms with Gasteiger partial charge in [0.2, 0.25) is 0 Å². The number of ether oxygens (including phenoxy) is 3. The Morgan fingerprint density at radius 1 is 0.471 bits per heavy atom. The first-order chi connectivity index (χ1) is 41.4. The zero-order chi connectivity index (χ0) is 58.5. The van der Waals surface area contributed by atoms with Crippen LogP contribution in [0.3, 0.4) is 0 Å². The molecule has 11 nitrogen and oxygen atoms in total. The van der Waals surface area contributed by atoms with E-state index in [-0.39, 0.29) is 28.2 Å². The quantitative estimate of drug-likeness (QED) is 0.0310. The Hall–Kier alpha value is -9.88. The van der Waals surface area contributed by atoms with Crippen molar-refractivity contribution >= 4 is 27.9 Å². The van der Waals surface area contributed by atoms with Gasteiger partial charge in [-0.3, -0.25) is 9.35 Å². The fourth-order valence-electron chi connectivity index (χ4n) is 12.3. The van der Waals surface area contributed by atoms with Crippen molar-refractivity contribution in [3.63, 3.8) is 0 Å². The van der Waals surface area contributed by atoms with E-state index in [1.807, 2.05) is 72.8 Å². The normalized spacial score (nSPS) is 13.2. The number of carbonyl (C=O) groups is 1. The van der Waals surface area contributed by atoms with Crippen LogP contribution >= 0.6 is 12.0 Å². The first-order valence-corrected chi connectivity index (χ1v) is 29.3. The molecule has 0 unspecified atom stereocenters. The van der Waals surface area contributed by atoms with Gasteiger partial charge in [-0.25, -0.2) is 5.26 Å². The molecule has 0 atom stereocenters. The summed E-state index contributed by atoms with van der Waals surface area (Å²) < 4.78 is 60.1. The van der Waals surface area contributed by atoms with Crippen molar-refractivity contribution < 1.29 is 46.6 Å². The van der Waals surface area contributed by atoms with Gasteiger partial charge in [0.1, 0.15) is 51.0 Å². The second-order valence-corrected chi connectivity index (χ2v) is 23.0. The number of nitrogens with zero attached hydrogens (tertiary/aromatic N) is 1. The molecule has 0 bridgehead atoms. The summed E-state index contributed by atoms with van der Waals surface area (Å²) in [6, 6.07) is 82.0. The van der Waals surface area contributed by atoms with Gasteiger partial charge in [-0.15, -0.1) is 4.33 Å². The van der Waals surface area contributed by atoms with Gasteiger partial charge in [0.05, 0.1) is 22.9 Å². The Balaban J connectivity index is 0.793. The summed E-state index contributed by atoms with van der Waals surface area (Å²) >= 11 is 0.690. The second kappa shape index (κ2) is 22.0. The Kier molecular flexibility index (Phi) is 14.1. The molecule has 11 aromatic carbocycles. The lowest BCUT2D eigenvalue weighted by Crippen LogP contribution is -2.28. The lowest BCUT2D eigenvalue weighted by Gasteiger charge is -2.34. The molecule has 0 heterocycles. The lowest BCUT2D eigenvalue weighted by molar-refractivity contribution is -0.432. The summed E-state index contributed by atoms with van der Waals surface area (Å²) in [5, 5.41) is 23.1. The monoisotopic (exact) mass is 1150 g/mol. The fourth-order valence-corrected chi connectivity index (χ4v) is 13.4. The van der Waals surface area contributed by atoms with Crippen molar-refractivity contribution in [2.24, 2.45) is 0 Å². The van der Waals surface area contributed by atoms with Gasteiger partial charge in [0, 0.05) is 16.0 Å². The summed E-state index contributed by atoms with van der Waals surface area (Å²) in [4.78, 5) is 13.5. The first kappa shape index (κ1) is 54.4. The lowest BCUT2D eigenvalue weighted by atomic mass is 9.67. The zero-order valence-corrected chi connectivity index (χ0v) is 47.2. The van der Waals surface area contributed by atoms with E-state index in [4.69, 9.17) is 19.5 Å². The first-order valence-electron chi connectivity index (χ1n) is 27.2. The standard InChI is InChI=1S/C72H49NO10S2/c1-45-22-27-49(28-23-45)71(61-16-7-3-12-56(61)57-13-4-8-17-62(57)71)50-29-35-53(36-30-50)79-65-20-11-21-66(60(65)44-73)80-54-37-31-51(32-38-54)72(63-18-9-5-14-58(63)59-15-6-10-19-64(59)72)52-33-39-55(40-34-52)81-67-41-26-48(43-69(67)85(76,77)78)70(74)47-25-24-46(2)68(42-47)84-83-82-75/h3-43,75H,1-2H3,(H,76,77,78). The highest BCUT2D eigenvalue weighted by atomic mass is 32.2. The van der Waals surface area contributed by atoms with Crippen LogP contribution in [-0.4, -0.2) is 24.0 Å². The highest BCUT2D eigenvalue weighted by Crippen LogP contribution is 2.58. The Labute approximate surface area is 495 Å². The molecule has 2 aliphatic rings. The largest absolute Gasteiger partial charge is 0.456 e. The molecule has 0 spiro atoms. The molecular weight excluding hydrogens is 1100 g/mol. The van der Waals surface area contributed by atoms with Crippen LogP contribution in [0.2, 0.25) is 0 Å². The van der Waals surface area contributed by atoms with Gasteiger partial charge in [0.15, 0.2) is 5.78 Å². The Morgan fingerprint density at radius 3 is 1.27 bits per heavy atom. The van der Waals surface area contributed by atoms with E-state index in [1.54, 1.807) is 49.4 Å². The third-order valence-electron chi connectivity index (χ3n) is 16.1. The molecule has 85 heavy (non-hydrogen) atoms. The van der Waals surface area contributed by atoms with Crippen LogP contribution in [0.4, 0.5) is 0 Å². The van der Waals surface area contributed by atoms with E-state index in [2.05, 4.69) is 132 Å². The minimum atomic E-state index is -4.90. The van der Waals surface area contributed by atoms with Crippen molar-refractivity contribution in [2.75, 3.05) is 0 Å². The smallest absolute Gasteiger partial charge is 0.298 e. The van der Waals surface area contributed by atoms with Crippen LogP contribution in [0, 0.1) is 25.2 Å². The van der Waals surface area contributed by atoms with Crippen LogP contribution in [0.15, 0.2) is 259 Å². The summed E-state index contributed by atoms with van der Waals surface area (Å²) in [6.45, 7) is 3.87. The minimum absolute atomic E-state index is 0.0255. The summed E-state index contributed by atoms with van der Waals surface area (Å²) in [6.07, 6.45) is 0. The molecule has 0 saturated heterocycles. The molecule has 0 saturated carbocycles. The maximum absolute atomic E-state index is 13.7. The zero-order valence-electron chi connectivity index (χ0n) is 45.6. The third kappa shape index (κ3) is 9.44. The Bertz CT molecular complexity index is 4490. The number of fused-ring (bicyclic) bond motifs is 6. The molecule has 0 amide bonds. The van der Waals surface area contributed by atoms with E-state index in [9.17, 15) is 23.0 Å². The van der Waals surface area contributed by atoms with Crippen LogP contribution in [0.5, 0.6) is 34.5 Å². The summed E-state index contributed by atoms with van der Waals surface area (Å²) in [5.41, 5.74) is 14.0. The minimum Gasteiger partial charge on any atom is -0.456 e. The van der Waals surface area contributed by atoms with Gasteiger partial charge >= 0.3 is 0 Å². The van der Waals surface area contributed by atoms with E-state index in [1.165, 1.54) is 51.6 Å². The van der Waals surface area contributed by atoms with E-state index in [0.29, 0.717) is 39.9 Å². The van der Waals surface area contributed by atoms with Crippen molar-refractivity contribution in [1.82, 2.24) is 0 Å². The number of hydrogen-bond donors (Lipinski definition) is 2. The van der Waals surface area contributed by atoms with Crippen LogP contribution < -0.4 is 14.2 Å². The third-order valence-corrected chi connectivity index (χ3v) is 17.7. The summed E-state index contributed by atoms with van der Waals surface area (Å²) in [7, 11) is -4.90. The number of hydrogen-bond acceptors (Lipinski definition) is 11. The molecule has 0 radical (unpaired) electrons.